The highest BCUT2D eigenvalue weighted by Gasteiger charge is 2.37. The van der Waals surface area contributed by atoms with E-state index in [9.17, 15) is 9.90 Å². The Bertz CT molecular complexity index is 1370. The van der Waals surface area contributed by atoms with Crippen LogP contribution in [0.1, 0.15) is 32.8 Å². The molecule has 1 aromatic heterocycles. The zero-order valence-electron chi connectivity index (χ0n) is 21.1. The summed E-state index contributed by atoms with van der Waals surface area (Å²) in [4.78, 5) is 18.1. The minimum atomic E-state index is -1.07. The van der Waals surface area contributed by atoms with Gasteiger partial charge in [0.05, 0.1) is 16.1 Å². The first kappa shape index (κ1) is 26.4. The van der Waals surface area contributed by atoms with E-state index in [2.05, 4.69) is 4.98 Å². The van der Waals surface area contributed by atoms with Crippen LogP contribution in [0.4, 0.5) is 9.18 Å². The molecule has 0 spiro atoms. The van der Waals surface area contributed by atoms with Crippen LogP contribution in [-0.2, 0) is 6.54 Å². The molecule has 4 aromatic rings. The number of aromatic nitrogens is 1. The summed E-state index contributed by atoms with van der Waals surface area (Å²) in [5, 5.41) is 11.1. The summed E-state index contributed by atoms with van der Waals surface area (Å²) in [6.07, 6.45) is 1.13. The minimum absolute atomic E-state index is 0.0571. The first-order chi connectivity index (χ1) is 17.7. The van der Waals surface area contributed by atoms with Gasteiger partial charge in [0.1, 0.15) is 6.61 Å². The van der Waals surface area contributed by atoms with Crippen LogP contribution in [0.15, 0.2) is 79.0 Å². The van der Waals surface area contributed by atoms with Gasteiger partial charge < -0.3 is 9.84 Å². The second-order valence-electron chi connectivity index (χ2n) is 9.88. The molecule has 1 heterocycles. The van der Waals surface area contributed by atoms with Crippen LogP contribution in [-0.4, -0.2) is 33.2 Å². The first-order valence-corrected chi connectivity index (χ1v) is 12.6. The van der Waals surface area contributed by atoms with Crippen LogP contribution in [0.2, 0.25) is 5.02 Å². The SMILES string of the molecule is CC(C)CC(C)(COc1c(F)cc(-c2ccnc3ccccc23)cc1Cl)N(Cc1ccccc1)C(=O)O. The number of fused-ring (bicyclic) bond motifs is 1. The van der Waals surface area contributed by atoms with Gasteiger partial charge in [0.25, 0.3) is 0 Å². The van der Waals surface area contributed by atoms with Crippen molar-refractivity contribution in [2.75, 3.05) is 6.61 Å². The number of hydrogen-bond acceptors (Lipinski definition) is 3. The van der Waals surface area contributed by atoms with Crippen LogP contribution in [0.3, 0.4) is 0 Å². The molecule has 3 aromatic carbocycles. The second-order valence-corrected chi connectivity index (χ2v) is 10.3. The summed E-state index contributed by atoms with van der Waals surface area (Å²) in [5.74, 6) is -0.530. The van der Waals surface area contributed by atoms with E-state index in [1.165, 1.54) is 11.0 Å². The van der Waals surface area contributed by atoms with Crippen LogP contribution in [0.5, 0.6) is 5.75 Å². The van der Waals surface area contributed by atoms with Crippen LogP contribution >= 0.6 is 11.6 Å². The highest BCUT2D eigenvalue weighted by Crippen LogP contribution is 2.37. The first-order valence-electron chi connectivity index (χ1n) is 12.2. The molecule has 0 saturated heterocycles. The molecule has 1 atom stereocenters. The highest BCUT2D eigenvalue weighted by molar-refractivity contribution is 6.32. The van der Waals surface area contributed by atoms with Crippen molar-refractivity contribution in [3.63, 3.8) is 0 Å². The largest absolute Gasteiger partial charge is 0.486 e. The molecule has 0 saturated carbocycles. The van der Waals surface area contributed by atoms with Gasteiger partial charge in [-0.25, -0.2) is 9.18 Å². The van der Waals surface area contributed by atoms with Gasteiger partial charge in [-0.05, 0) is 60.2 Å². The molecule has 0 fully saturated rings. The van der Waals surface area contributed by atoms with Crippen molar-refractivity contribution in [2.45, 2.75) is 39.3 Å². The third kappa shape index (κ3) is 6.03. The Morgan fingerprint density at radius 3 is 2.49 bits per heavy atom. The zero-order valence-corrected chi connectivity index (χ0v) is 21.9. The van der Waals surface area contributed by atoms with E-state index in [1.54, 1.807) is 12.3 Å². The number of carbonyl (C=O) groups is 1. The number of para-hydroxylation sites is 1. The standard InChI is InChI=1S/C30H30ClFN2O3/c1-20(2)17-30(3,34(29(35)36)18-21-9-5-4-6-10-21)19-37-28-25(31)15-22(16-26(28)32)23-13-14-33-27-12-8-7-11-24(23)27/h4-16,20H,17-19H2,1-3H3,(H,35,36). The van der Waals surface area contributed by atoms with Gasteiger partial charge in [0.2, 0.25) is 0 Å². The maximum absolute atomic E-state index is 15.4. The van der Waals surface area contributed by atoms with E-state index < -0.39 is 17.4 Å². The van der Waals surface area contributed by atoms with E-state index in [0.717, 1.165) is 22.0 Å². The third-order valence-electron chi connectivity index (χ3n) is 6.40. The summed E-state index contributed by atoms with van der Waals surface area (Å²) in [5.41, 5.74) is 2.15. The normalized spacial score (nSPS) is 12.9. The maximum Gasteiger partial charge on any atom is 0.408 e. The van der Waals surface area contributed by atoms with Crippen molar-refractivity contribution in [3.05, 3.63) is 95.4 Å². The number of benzene rings is 3. The molecule has 0 aliphatic rings. The van der Waals surface area contributed by atoms with Gasteiger partial charge in [-0.3, -0.25) is 9.88 Å². The van der Waals surface area contributed by atoms with E-state index in [0.29, 0.717) is 12.0 Å². The lowest BCUT2D eigenvalue weighted by molar-refractivity contribution is 0.0328. The van der Waals surface area contributed by atoms with Crippen molar-refractivity contribution >= 4 is 28.6 Å². The molecule has 0 aliphatic carbocycles. The number of hydrogen-bond donors (Lipinski definition) is 1. The number of ether oxygens (including phenoxy) is 1. The zero-order chi connectivity index (χ0) is 26.6. The lowest BCUT2D eigenvalue weighted by Gasteiger charge is -2.40. The quantitative estimate of drug-likeness (QED) is 0.242. The van der Waals surface area contributed by atoms with E-state index in [-0.39, 0.29) is 29.8 Å². The Balaban J connectivity index is 1.63. The molecule has 0 radical (unpaired) electrons. The van der Waals surface area contributed by atoms with Crippen molar-refractivity contribution in [3.8, 4) is 16.9 Å². The molecule has 37 heavy (non-hydrogen) atoms. The predicted molar refractivity (Wildman–Crippen MR) is 146 cm³/mol. The fraction of sp³-hybridized carbons (Fsp3) is 0.267. The summed E-state index contributed by atoms with van der Waals surface area (Å²) in [6, 6.07) is 21.9. The Kier molecular flexibility index (Phi) is 7.98. The Hall–Kier alpha value is -3.64. The summed E-state index contributed by atoms with van der Waals surface area (Å²) in [6.45, 7) is 5.99. The number of rotatable bonds is 9. The fourth-order valence-corrected chi connectivity index (χ4v) is 5.07. The van der Waals surface area contributed by atoms with Gasteiger partial charge in [0.15, 0.2) is 11.6 Å². The van der Waals surface area contributed by atoms with Crippen molar-refractivity contribution in [1.82, 2.24) is 9.88 Å². The molecule has 1 N–H and O–H groups in total. The average molecular weight is 521 g/mol. The number of halogens is 2. The summed E-state index contributed by atoms with van der Waals surface area (Å²) < 4.78 is 21.3. The Labute approximate surface area is 221 Å². The van der Waals surface area contributed by atoms with Gasteiger partial charge in [-0.2, -0.15) is 0 Å². The maximum atomic E-state index is 15.4. The van der Waals surface area contributed by atoms with Crippen molar-refractivity contribution < 1.29 is 19.0 Å². The van der Waals surface area contributed by atoms with Gasteiger partial charge >= 0.3 is 6.09 Å². The number of carboxylic acid groups (broad SMARTS) is 1. The predicted octanol–water partition coefficient (Wildman–Crippen LogP) is 8.06. The smallest absolute Gasteiger partial charge is 0.408 e. The summed E-state index contributed by atoms with van der Waals surface area (Å²) >= 11 is 6.53. The topological polar surface area (TPSA) is 62.7 Å². The molecule has 7 heteroatoms. The van der Waals surface area contributed by atoms with Crippen molar-refractivity contribution in [2.24, 2.45) is 5.92 Å². The third-order valence-corrected chi connectivity index (χ3v) is 6.68. The fourth-order valence-electron chi connectivity index (χ4n) is 4.81. The lowest BCUT2D eigenvalue weighted by atomic mass is 9.89. The average Bonchev–Trinajstić information content (AvgIpc) is 2.86. The van der Waals surface area contributed by atoms with E-state index >= 15 is 4.39 Å². The van der Waals surface area contributed by atoms with Crippen molar-refractivity contribution in [1.29, 1.82) is 0 Å². The van der Waals surface area contributed by atoms with Gasteiger partial charge in [0, 0.05) is 18.1 Å². The molecule has 1 amide bonds. The Morgan fingerprint density at radius 1 is 1.11 bits per heavy atom. The van der Waals surface area contributed by atoms with Crippen LogP contribution in [0, 0.1) is 11.7 Å². The van der Waals surface area contributed by atoms with Crippen LogP contribution in [0.25, 0.3) is 22.0 Å². The second kappa shape index (κ2) is 11.2. The number of nitrogens with zero attached hydrogens (tertiary/aromatic N) is 2. The summed E-state index contributed by atoms with van der Waals surface area (Å²) in [7, 11) is 0. The van der Waals surface area contributed by atoms with Crippen LogP contribution < -0.4 is 4.74 Å². The molecular weight excluding hydrogens is 491 g/mol. The molecule has 4 rings (SSSR count). The molecule has 0 aliphatic heterocycles. The van der Waals surface area contributed by atoms with E-state index in [4.69, 9.17) is 16.3 Å². The minimum Gasteiger partial charge on any atom is -0.486 e. The molecule has 1 unspecified atom stereocenters. The lowest BCUT2D eigenvalue weighted by Crippen LogP contribution is -2.53. The van der Waals surface area contributed by atoms with Gasteiger partial charge in [-0.15, -0.1) is 0 Å². The van der Waals surface area contributed by atoms with E-state index in [1.807, 2.05) is 81.4 Å². The molecule has 192 valence electrons. The highest BCUT2D eigenvalue weighted by atomic mass is 35.5. The number of amides is 1. The monoisotopic (exact) mass is 520 g/mol. The molecule has 5 nitrogen and oxygen atoms in total. The molecule has 0 bridgehead atoms. The van der Waals surface area contributed by atoms with Gasteiger partial charge in [-0.1, -0.05) is 74.0 Å². The molecular formula is C30H30ClFN2O3. The number of pyridine rings is 1. The Morgan fingerprint density at radius 2 is 1.81 bits per heavy atom.